The lowest BCUT2D eigenvalue weighted by molar-refractivity contribution is 0.102. The fraction of sp³-hybridized carbons (Fsp3) is 0.444. The van der Waals surface area contributed by atoms with Crippen molar-refractivity contribution in [3.8, 4) is 5.75 Å². The molecule has 1 unspecified atom stereocenters. The minimum atomic E-state index is -0.440. The quantitative estimate of drug-likeness (QED) is 0.831. The van der Waals surface area contributed by atoms with E-state index in [0.29, 0.717) is 17.1 Å². The third-order valence-corrected chi connectivity index (χ3v) is 4.04. The molecule has 0 aliphatic carbocycles. The lowest BCUT2D eigenvalue weighted by Crippen LogP contribution is -2.32. The van der Waals surface area contributed by atoms with Gasteiger partial charge in [-0.05, 0) is 51.4 Å². The summed E-state index contributed by atoms with van der Waals surface area (Å²) in [5, 5.41) is 10.4. The van der Waals surface area contributed by atoms with Gasteiger partial charge in [-0.15, -0.1) is 12.4 Å². The summed E-state index contributed by atoms with van der Waals surface area (Å²) in [5.41, 5.74) is 0.595. The van der Waals surface area contributed by atoms with E-state index in [1.54, 1.807) is 6.07 Å². The Morgan fingerprint density at radius 2 is 2.23 bits per heavy atom. The first-order chi connectivity index (χ1) is 12.0. The van der Waals surface area contributed by atoms with Gasteiger partial charge in [-0.2, -0.15) is 5.10 Å². The molecule has 0 saturated carbocycles. The SMILES string of the molecule is CC(C)Oc1ccc(F)cc1NC(=O)c1ccn(C2CCCNC2)n1.Cl. The van der Waals surface area contributed by atoms with Gasteiger partial charge in [0.25, 0.3) is 5.91 Å². The van der Waals surface area contributed by atoms with Crippen LogP contribution in [0.3, 0.4) is 0 Å². The number of ether oxygens (including phenoxy) is 1. The molecule has 1 aliphatic rings. The Kier molecular flexibility index (Phi) is 6.99. The normalized spacial score (nSPS) is 16.8. The zero-order chi connectivity index (χ0) is 17.8. The number of rotatable bonds is 5. The maximum atomic E-state index is 13.6. The molecule has 0 spiro atoms. The summed E-state index contributed by atoms with van der Waals surface area (Å²) in [7, 11) is 0. The molecule has 1 aromatic carbocycles. The first-order valence-corrected chi connectivity index (χ1v) is 8.56. The lowest BCUT2D eigenvalue weighted by Gasteiger charge is -2.22. The van der Waals surface area contributed by atoms with Gasteiger partial charge in [-0.1, -0.05) is 0 Å². The number of halogens is 2. The van der Waals surface area contributed by atoms with E-state index in [4.69, 9.17) is 4.74 Å². The predicted molar refractivity (Wildman–Crippen MR) is 101 cm³/mol. The summed E-state index contributed by atoms with van der Waals surface area (Å²) >= 11 is 0. The molecule has 8 heteroatoms. The Hall–Kier alpha value is -2.12. The van der Waals surface area contributed by atoms with Crippen molar-refractivity contribution in [1.29, 1.82) is 0 Å². The molecular formula is C18H24ClFN4O2. The summed E-state index contributed by atoms with van der Waals surface area (Å²) < 4.78 is 21.0. The molecule has 1 fully saturated rings. The average Bonchev–Trinajstić information content (AvgIpc) is 3.08. The van der Waals surface area contributed by atoms with Crippen LogP contribution >= 0.6 is 12.4 Å². The standard InChI is InChI=1S/C18H23FN4O2.ClH/c1-12(2)25-17-6-5-13(19)10-16(17)21-18(24)15-7-9-23(22-15)14-4-3-8-20-11-14;/h5-7,9-10,12,14,20H,3-4,8,11H2,1-2H3,(H,21,24);1H. The van der Waals surface area contributed by atoms with E-state index in [1.165, 1.54) is 18.2 Å². The van der Waals surface area contributed by atoms with Crippen LogP contribution in [0.1, 0.15) is 43.2 Å². The number of carbonyl (C=O) groups excluding carboxylic acids is 1. The van der Waals surface area contributed by atoms with Gasteiger partial charge in [0.15, 0.2) is 5.69 Å². The van der Waals surface area contributed by atoms with Gasteiger partial charge in [0.1, 0.15) is 11.6 Å². The fourth-order valence-electron chi connectivity index (χ4n) is 2.86. The Labute approximate surface area is 158 Å². The number of nitrogens with one attached hydrogen (secondary N) is 2. The van der Waals surface area contributed by atoms with Crippen LogP contribution in [0, 0.1) is 5.82 Å². The van der Waals surface area contributed by atoms with Crippen molar-refractivity contribution < 1.29 is 13.9 Å². The second kappa shape index (κ2) is 9.00. The highest BCUT2D eigenvalue weighted by Crippen LogP contribution is 2.27. The highest BCUT2D eigenvalue weighted by Gasteiger charge is 2.19. The van der Waals surface area contributed by atoms with Crippen molar-refractivity contribution >= 4 is 24.0 Å². The molecular weight excluding hydrogens is 359 g/mol. The molecule has 1 aliphatic heterocycles. The molecule has 2 aromatic rings. The third-order valence-electron chi connectivity index (χ3n) is 4.04. The molecule has 1 saturated heterocycles. The lowest BCUT2D eigenvalue weighted by atomic mass is 10.1. The van der Waals surface area contributed by atoms with Crippen LogP contribution in [0.15, 0.2) is 30.5 Å². The number of benzene rings is 1. The second-order valence-corrected chi connectivity index (χ2v) is 6.44. The molecule has 1 amide bonds. The molecule has 3 rings (SSSR count). The van der Waals surface area contributed by atoms with Crippen LogP contribution in [0.2, 0.25) is 0 Å². The van der Waals surface area contributed by atoms with Crippen LogP contribution in [0.4, 0.5) is 10.1 Å². The van der Waals surface area contributed by atoms with Gasteiger partial charge < -0.3 is 15.4 Å². The van der Waals surface area contributed by atoms with E-state index >= 15 is 0 Å². The highest BCUT2D eigenvalue weighted by molar-refractivity contribution is 6.03. The topological polar surface area (TPSA) is 68.2 Å². The average molecular weight is 383 g/mol. The van der Waals surface area contributed by atoms with E-state index in [1.807, 2.05) is 24.7 Å². The van der Waals surface area contributed by atoms with E-state index < -0.39 is 5.82 Å². The molecule has 6 nitrogen and oxygen atoms in total. The molecule has 0 bridgehead atoms. The predicted octanol–water partition coefficient (Wildman–Crippen LogP) is 3.41. The smallest absolute Gasteiger partial charge is 0.276 e. The molecule has 1 aromatic heterocycles. The molecule has 0 radical (unpaired) electrons. The maximum absolute atomic E-state index is 13.6. The maximum Gasteiger partial charge on any atom is 0.276 e. The van der Waals surface area contributed by atoms with Crippen molar-refractivity contribution in [1.82, 2.24) is 15.1 Å². The van der Waals surface area contributed by atoms with Crippen molar-refractivity contribution in [2.45, 2.75) is 38.8 Å². The van der Waals surface area contributed by atoms with Gasteiger partial charge in [-0.3, -0.25) is 9.48 Å². The summed E-state index contributed by atoms with van der Waals surface area (Å²) in [6.45, 7) is 5.60. The molecule has 26 heavy (non-hydrogen) atoms. The van der Waals surface area contributed by atoms with Crippen molar-refractivity contribution in [2.75, 3.05) is 18.4 Å². The second-order valence-electron chi connectivity index (χ2n) is 6.44. The van der Waals surface area contributed by atoms with Crippen molar-refractivity contribution in [3.63, 3.8) is 0 Å². The van der Waals surface area contributed by atoms with Crippen LogP contribution in [0.25, 0.3) is 0 Å². The monoisotopic (exact) mass is 382 g/mol. The first-order valence-electron chi connectivity index (χ1n) is 8.56. The molecule has 1 atom stereocenters. The third kappa shape index (κ3) is 4.95. The minimum absolute atomic E-state index is 0. The first kappa shape index (κ1) is 20.2. The van der Waals surface area contributed by atoms with E-state index in [-0.39, 0.29) is 30.5 Å². The Balaban J connectivity index is 0.00000243. The fourth-order valence-corrected chi connectivity index (χ4v) is 2.86. The number of carbonyl (C=O) groups is 1. The zero-order valence-corrected chi connectivity index (χ0v) is 15.7. The largest absolute Gasteiger partial charge is 0.489 e. The van der Waals surface area contributed by atoms with Gasteiger partial charge in [0.05, 0.1) is 17.8 Å². The van der Waals surface area contributed by atoms with Gasteiger partial charge in [-0.25, -0.2) is 4.39 Å². The van der Waals surface area contributed by atoms with Crippen LogP contribution in [0.5, 0.6) is 5.75 Å². The number of hydrogen-bond donors (Lipinski definition) is 2. The van der Waals surface area contributed by atoms with Gasteiger partial charge in [0.2, 0.25) is 0 Å². The summed E-state index contributed by atoms with van der Waals surface area (Å²) in [6.07, 6.45) is 3.85. The van der Waals surface area contributed by atoms with Crippen LogP contribution < -0.4 is 15.4 Å². The number of anilines is 1. The number of amides is 1. The molecule has 2 N–H and O–H groups in total. The number of nitrogens with zero attached hydrogens (tertiary/aromatic N) is 2. The van der Waals surface area contributed by atoms with Crippen molar-refractivity contribution in [3.05, 3.63) is 42.0 Å². The van der Waals surface area contributed by atoms with Gasteiger partial charge in [0, 0.05) is 18.8 Å². The molecule has 2 heterocycles. The minimum Gasteiger partial charge on any atom is -0.489 e. The number of piperidine rings is 1. The zero-order valence-electron chi connectivity index (χ0n) is 14.9. The van der Waals surface area contributed by atoms with Crippen LogP contribution in [-0.4, -0.2) is 34.9 Å². The van der Waals surface area contributed by atoms with Crippen molar-refractivity contribution in [2.24, 2.45) is 0 Å². The van der Waals surface area contributed by atoms with Gasteiger partial charge >= 0.3 is 0 Å². The Morgan fingerprint density at radius 1 is 1.42 bits per heavy atom. The Bertz CT molecular complexity index is 745. The van der Waals surface area contributed by atoms with E-state index in [0.717, 1.165) is 25.9 Å². The van der Waals surface area contributed by atoms with E-state index in [9.17, 15) is 9.18 Å². The number of hydrogen-bond acceptors (Lipinski definition) is 4. The Morgan fingerprint density at radius 3 is 2.92 bits per heavy atom. The highest BCUT2D eigenvalue weighted by atomic mass is 35.5. The molecule has 142 valence electrons. The summed E-state index contributed by atoms with van der Waals surface area (Å²) in [5.74, 6) is -0.396. The van der Waals surface area contributed by atoms with Crippen LogP contribution in [-0.2, 0) is 0 Å². The summed E-state index contributed by atoms with van der Waals surface area (Å²) in [6, 6.07) is 5.99. The van der Waals surface area contributed by atoms with E-state index in [2.05, 4.69) is 15.7 Å². The summed E-state index contributed by atoms with van der Waals surface area (Å²) in [4.78, 5) is 12.5. The number of aromatic nitrogens is 2.